The summed E-state index contributed by atoms with van der Waals surface area (Å²) in [5.74, 6) is 0. The Kier molecular flexibility index (Phi) is 83.1. The van der Waals surface area contributed by atoms with Gasteiger partial charge < -0.3 is 43.5 Å². The zero-order chi connectivity index (χ0) is 10.4. The molecule has 14 heavy (non-hydrogen) atoms. The molecule has 0 atom stereocenters. The van der Waals surface area contributed by atoms with Crippen molar-refractivity contribution in [2.45, 2.75) is 0 Å². The summed E-state index contributed by atoms with van der Waals surface area (Å²) in [5, 5.41) is 16.4. The summed E-state index contributed by atoms with van der Waals surface area (Å²) in [7, 11) is 0. The van der Waals surface area contributed by atoms with Gasteiger partial charge in [-0.1, -0.05) is 0 Å². The number of nitrogens with one attached hydrogen (secondary N) is 4. The number of urea groups is 1. The van der Waals surface area contributed by atoms with Crippen LogP contribution in [0.1, 0.15) is 0 Å². The van der Waals surface area contributed by atoms with Gasteiger partial charge in [0.2, 0.25) is 0 Å². The molecule has 0 aliphatic carbocycles. The van der Waals surface area contributed by atoms with Gasteiger partial charge in [0.05, 0.1) is 0 Å². The zero-order valence-corrected chi connectivity index (χ0v) is 9.12. The molecule has 0 aliphatic rings. The molecule has 0 aromatic heterocycles. The Balaban J connectivity index is -0.0000000278. The Morgan fingerprint density at radius 1 is 1.43 bits per heavy atom. The van der Waals surface area contributed by atoms with E-state index in [1.807, 2.05) is 0 Å². The molecular formula is C3H11N5O5Pt-4. The van der Waals surface area contributed by atoms with Crippen LogP contribution in [0.5, 0.6) is 0 Å². The first-order valence-corrected chi connectivity index (χ1v) is 2.50. The maximum atomic E-state index is 9.12. The third-order valence-corrected chi connectivity index (χ3v) is 0.227. The number of hydrogen-bond acceptors (Lipinski definition) is 5. The SMILES string of the molecule is O.O=N[O-].[NH-]C(=O)NO.[NH-]CC[NH-].[Pt]. The van der Waals surface area contributed by atoms with E-state index >= 15 is 0 Å². The Labute approximate surface area is 94.3 Å². The van der Waals surface area contributed by atoms with Crippen molar-refractivity contribution in [3.63, 3.8) is 0 Å². The topological polar surface area (TPSA) is 205 Å². The van der Waals surface area contributed by atoms with E-state index in [9.17, 15) is 0 Å². The van der Waals surface area contributed by atoms with E-state index in [0.29, 0.717) is 0 Å². The summed E-state index contributed by atoms with van der Waals surface area (Å²) in [4.78, 5) is 17.1. The quantitative estimate of drug-likeness (QED) is 0.374. The predicted octanol–water partition coefficient (Wildman–Crippen LogP) is 0.652. The number of rotatable bonds is 1. The summed E-state index contributed by atoms with van der Waals surface area (Å²) in [6.07, 6.45) is 0. The normalized spacial score (nSPS) is 5.36. The molecule has 0 heterocycles. The first kappa shape index (κ1) is 29.2. The second kappa shape index (κ2) is 39.8. The monoisotopic (exact) mass is 392 g/mol. The molecule has 0 bridgehead atoms. The molecular weight excluding hydrogens is 381 g/mol. The molecule has 0 saturated heterocycles. The molecule has 0 saturated carbocycles. The standard InChI is InChI=1S/C2H6N2.CH4N2O2.HNO2.H2O.Pt/c3-1-2-4;2-1(4)3-5;2-1-3;;/h3-4H,1-2H2;(H4,2,3,4,5);(H,2,3);1H2;/q-2;;;;/p-2. The van der Waals surface area contributed by atoms with Gasteiger partial charge in [0.1, 0.15) is 0 Å². The average Bonchev–Trinajstić information content (AvgIpc) is 2.06. The first-order valence-electron chi connectivity index (χ1n) is 2.50. The fourth-order valence-electron chi connectivity index (χ4n) is 0. The maximum absolute atomic E-state index is 9.12. The van der Waals surface area contributed by atoms with E-state index in [-0.39, 0.29) is 39.6 Å². The van der Waals surface area contributed by atoms with Crippen molar-refractivity contribution in [2.24, 2.45) is 5.34 Å². The number of hydroxylamine groups is 1. The molecule has 0 radical (unpaired) electrons. The summed E-state index contributed by atoms with van der Waals surface area (Å²) >= 11 is 0. The van der Waals surface area contributed by atoms with Gasteiger partial charge in [-0.2, -0.15) is 13.1 Å². The van der Waals surface area contributed by atoms with Crippen LogP contribution in [0.15, 0.2) is 5.34 Å². The van der Waals surface area contributed by atoms with Crippen LogP contribution in [0.2, 0.25) is 0 Å². The molecule has 0 spiro atoms. The van der Waals surface area contributed by atoms with Gasteiger partial charge in [-0.15, -0.1) is 5.34 Å². The zero-order valence-electron chi connectivity index (χ0n) is 6.85. The van der Waals surface area contributed by atoms with Gasteiger partial charge in [-0.25, -0.2) is 0 Å². The van der Waals surface area contributed by atoms with Crippen LogP contribution >= 0.6 is 0 Å². The molecule has 92 valence electrons. The summed E-state index contributed by atoms with van der Waals surface area (Å²) in [6.45, 7) is 0.472. The van der Waals surface area contributed by atoms with Crippen molar-refractivity contribution in [2.75, 3.05) is 13.1 Å². The Bertz CT molecular complexity index is 103. The second-order valence-corrected chi connectivity index (χ2v) is 1.02. The molecule has 2 amide bonds. The first-order chi connectivity index (χ1) is 5.60. The summed E-state index contributed by atoms with van der Waals surface area (Å²) < 4.78 is 0. The van der Waals surface area contributed by atoms with Crippen LogP contribution in [0.25, 0.3) is 17.2 Å². The minimum Gasteiger partial charge on any atom is -0.679 e. The number of amides is 2. The van der Waals surface area contributed by atoms with Crippen LogP contribution in [-0.2, 0) is 21.1 Å². The number of carbonyl (C=O) groups is 1. The number of nitrogens with zero attached hydrogens (tertiary/aromatic N) is 1. The fraction of sp³-hybridized carbons (Fsp3) is 0.667. The summed E-state index contributed by atoms with van der Waals surface area (Å²) in [6, 6.07) is -1.19. The summed E-state index contributed by atoms with van der Waals surface area (Å²) in [5.41, 5.74) is 19.4. The van der Waals surface area contributed by atoms with E-state index in [2.05, 4.69) is 0 Å². The van der Waals surface area contributed by atoms with Crippen molar-refractivity contribution in [1.82, 2.24) is 5.48 Å². The van der Waals surface area contributed by atoms with Crippen LogP contribution in [0, 0.1) is 10.1 Å². The van der Waals surface area contributed by atoms with Gasteiger partial charge >= 0.3 is 0 Å². The average molecular weight is 392 g/mol. The maximum Gasteiger partial charge on any atom is 0.169 e. The Morgan fingerprint density at radius 3 is 1.57 bits per heavy atom. The van der Waals surface area contributed by atoms with Gasteiger partial charge in [0.15, 0.2) is 6.03 Å². The van der Waals surface area contributed by atoms with Crippen molar-refractivity contribution in [1.29, 1.82) is 0 Å². The third kappa shape index (κ3) is 241. The molecule has 0 aromatic rings. The van der Waals surface area contributed by atoms with Crippen LogP contribution in [0.4, 0.5) is 4.79 Å². The van der Waals surface area contributed by atoms with E-state index in [1.165, 1.54) is 0 Å². The Hall–Kier alpha value is -0.802. The molecule has 0 rings (SSSR count). The molecule has 0 fully saturated rings. The van der Waals surface area contributed by atoms with Crippen LogP contribution < -0.4 is 5.48 Å². The molecule has 0 aliphatic heterocycles. The van der Waals surface area contributed by atoms with E-state index in [4.69, 9.17) is 37.3 Å². The smallest absolute Gasteiger partial charge is 0.169 e. The van der Waals surface area contributed by atoms with Crippen molar-refractivity contribution in [3.8, 4) is 0 Å². The minimum absolute atomic E-state index is 0. The minimum atomic E-state index is -1.19. The van der Waals surface area contributed by atoms with Crippen molar-refractivity contribution in [3.05, 3.63) is 27.3 Å². The van der Waals surface area contributed by atoms with Crippen molar-refractivity contribution < 1.29 is 36.5 Å². The van der Waals surface area contributed by atoms with Gasteiger partial charge in [0, 0.05) is 21.1 Å². The molecule has 7 N–H and O–H groups in total. The van der Waals surface area contributed by atoms with E-state index < -0.39 is 6.03 Å². The predicted molar refractivity (Wildman–Crippen MR) is 45.8 cm³/mol. The number of carbonyl (C=O) groups excluding carboxylic acids is 1. The fourth-order valence-corrected chi connectivity index (χ4v) is 0. The third-order valence-electron chi connectivity index (χ3n) is 0.227. The molecule has 0 unspecified atom stereocenters. The molecule has 11 heteroatoms. The van der Waals surface area contributed by atoms with Gasteiger partial charge in [-0.05, 0) is 0 Å². The van der Waals surface area contributed by atoms with E-state index in [1.54, 1.807) is 0 Å². The number of hydrogen-bond donors (Lipinski definition) is 2. The van der Waals surface area contributed by atoms with E-state index in [0.717, 1.165) is 10.8 Å². The van der Waals surface area contributed by atoms with Crippen molar-refractivity contribution >= 4 is 6.03 Å². The van der Waals surface area contributed by atoms with Crippen LogP contribution in [0.3, 0.4) is 0 Å². The van der Waals surface area contributed by atoms with Gasteiger partial charge in [0.25, 0.3) is 0 Å². The van der Waals surface area contributed by atoms with Crippen LogP contribution in [-0.4, -0.2) is 29.8 Å². The molecule has 0 aromatic carbocycles. The Morgan fingerprint density at radius 2 is 1.57 bits per heavy atom. The largest absolute Gasteiger partial charge is 0.679 e. The molecule has 10 nitrogen and oxygen atoms in total. The van der Waals surface area contributed by atoms with Gasteiger partial charge in [-0.3, -0.25) is 4.79 Å². The second-order valence-electron chi connectivity index (χ2n) is 1.02.